The Hall–Kier alpha value is -2.53. The maximum absolute atomic E-state index is 12.4. The molecule has 0 bridgehead atoms. The van der Waals surface area contributed by atoms with E-state index in [4.69, 9.17) is 14.2 Å². The van der Waals surface area contributed by atoms with Gasteiger partial charge in [-0.2, -0.15) is 0 Å². The van der Waals surface area contributed by atoms with Crippen molar-refractivity contribution in [3.63, 3.8) is 0 Å². The standard InChI is InChI=1S/C25H31NO4/c1-3-29-22-10-6-21(7-11-22)26-15-24(16-26)30-23-8-4-19(5-9-23)18(2)14-25(27)20-12-13-28-17-20/h4-11,18,20,24H,3,12-17H2,1-2H3/t18-,20?/m1/s1. The molecule has 0 radical (unpaired) electrons. The van der Waals surface area contributed by atoms with Gasteiger partial charge >= 0.3 is 0 Å². The third-order valence-electron chi connectivity index (χ3n) is 6.01. The van der Waals surface area contributed by atoms with Crippen molar-refractivity contribution in [2.45, 2.75) is 38.7 Å². The first-order valence-electron chi connectivity index (χ1n) is 11.0. The molecule has 2 aromatic carbocycles. The number of hydrogen-bond donors (Lipinski definition) is 0. The summed E-state index contributed by atoms with van der Waals surface area (Å²) in [5, 5.41) is 0. The van der Waals surface area contributed by atoms with E-state index in [1.54, 1.807) is 0 Å². The zero-order valence-electron chi connectivity index (χ0n) is 17.9. The van der Waals surface area contributed by atoms with Gasteiger partial charge in [-0.25, -0.2) is 0 Å². The fourth-order valence-electron chi connectivity index (χ4n) is 4.09. The summed E-state index contributed by atoms with van der Waals surface area (Å²) in [4.78, 5) is 14.7. The number of benzene rings is 2. The van der Waals surface area contributed by atoms with Crippen LogP contribution in [0.5, 0.6) is 11.5 Å². The van der Waals surface area contributed by atoms with Crippen LogP contribution in [0.4, 0.5) is 5.69 Å². The average molecular weight is 410 g/mol. The van der Waals surface area contributed by atoms with Gasteiger partial charge in [-0.3, -0.25) is 4.79 Å². The molecule has 0 spiro atoms. The molecule has 0 aromatic heterocycles. The Morgan fingerprint density at radius 3 is 2.43 bits per heavy atom. The van der Waals surface area contributed by atoms with Gasteiger partial charge in [0.2, 0.25) is 0 Å². The number of nitrogens with zero attached hydrogens (tertiary/aromatic N) is 1. The summed E-state index contributed by atoms with van der Waals surface area (Å²) in [6.45, 7) is 7.85. The van der Waals surface area contributed by atoms with Gasteiger partial charge < -0.3 is 19.1 Å². The number of carbonyl (C=O) groups excluding carboxylic acids is 1. The zero-order valence-corrected chi connectivity index (χ0v) is 17.9. The van der Waals surface area contributed by atoms with E-state index < -0.39 is 0 Å². The van der Waals surface area contributed by atoms with E-state index in [0.29, 0.717) is 32.0 Å². The molecule has 0 aliphatic carbocycles. The molecule has 2 atom stereocenters. The van der Waals surface area contributed by atoms with Gasteiger partial charge in [-0.1, -0.05) is 19.1 Å². The highest BCUT2D eigenvalue weighted by atomic mass is 16.5. The van der Waals surface area contributed by atoms with Crippen LogP contribution in [0.25, 0.3) is 0 Å². The van der Waals surface area contributed by atoms with Crippen LogP contribution >= 0.6 is 0 Å². The van der Waals surface area contributed by atoms with E-state index >= 15 is 0 Å². The Morgan fingerprint density at radius 1 is 1.10 bits per heavy atom. The van der Waals surface area contributed by atoms with Crippen molar-refractivity contribution in [2.24, 2.45) is 5.92 Å². The Morgan fingerprint density at radius 2 is 1.80 bits per heavy atom. The van der Waals surface area contributed by atoms with Gasteiger partial charge in [0.05, 0.1) is 26.3 Å². The molecule has 2 aromatic rings. The molecule has 0 amide bonds. The largest absolute Gasteiger partial charge is 0.494 e. The molecule has 2 heterocycles. The summed E-state index contributed by atoms with van der Waals surface area (Å²) in [6.07, 6.45) is 1.64. The minimum atomic E-state index is 0.0898. The number of anilines is 1. The second-order valence-electron chi connectivity index (χ2n) is 8.27. The molecule has 2 aliphatic heterocycles. The molecular weight excluding hydrogens is 378 g/mol. The SMILES string of the molecule is CCOc1ccc(N2CC(Oc3ccc([C@H](C)CC(=O)C4CCOC4)cc3)C2)cc1. The first kappa shape index (κ1) is 20.7. The monoisotopic (exact) mass is 409 g/mol. The smallest absolute Gasteiger partial charge is 0.138 e. The van der Waals surface area contributed by atoms with Crippen LogP contribution in [0.2, 0.25) is 0 Å². The summed E-state index contributed by atoms with van der Waals surface area (Å²) in [7, 11) is 0. The number of rotatable bonds is 9. The minimum Gasteiger partial charge on any atom is -0.494 e. The molecule has 4 rings (SSSR count). The summed E-state index contributed by atoms with van der Waals surface area (Å²) in [5.74, 6) is 2.42. The highest BCUT2D eigenvalue weighted by molar-refractivity contribution is 5.82. The number of Topliss-reactive ketones (excluding diaryl/α,β-unsaturated/α-hetero) is 1. The van der Waals surface area contributed by atoms with Crippen molar-refractivity contribution < 1.29 is 19.0 Å². The van der Waals surface area contributed by atoms with Crippen LogP contribution in [0.1, 0.15) is 38.2 Å². The third-order valence-corrected chi connectivity index (χ3v) is 6.01. The Kier molecular flexibility index (Phi) is 6.58. The number of carbonyl (C=O) groups is 1. The van der Waals surface area contributed by atoms with Crippen LogP contribution in [-0.2, 0) is 9.53 Å². The Labute approximate surface area is 178 Å². The second-order valence-corrected chi connectivity index (χ2v) is 8.27. The van der Waals surface area contributed by atoms with Crippen molar-refractivity contribution in [1.29, 1.82) is 0 Å². The van der Waals surface area contributed by atoms with Crippen molar-refractivity contribution in [1.82, 2.24) is 0 Å². The zero-order chi connectivity index (χ0) is 20.9. The molecule has 0 N–H and O–H groups in total. The predicted octanol–water partition coefficient (Wildman–Crippen LogP) is 4.45. The van der Waals surface area contributed by atoms with Crippen molar-refractivity contribution in [3.05, 3.63) is 54.1 Å². The van der Waals surface area contributed by atoms with Gasteiger partial charge in [0.15, 0.2) is 0 Å². The Bertz CT molecular complexity index is 821. The summed E-state index contributed by atoms with van der Waals surface area (Å²) in [6, 6.07) is 16.4. The highest BCUT2D eigenvalue weighted by Crippen LogP contribution is 2.28. The maximum atomic E-state index is 12.4. The fraction of sp³-hybridized carbons (Fsp3) is 0.480. The van der Waals surface area contributed by atoms with E-state index in [1.165, 1.54) is 11.3 Å². The summed E-state index contributed by atoms with van der Waals surface area (Å²) >= 11 is 0. The van der Waals surface area contributed by atoms with E-state index in [-0.39, 0.29) is 17.9 Å². The first-order chi connectivity index (χ1) is 14.6. The van der Waals surface area contributed by atoms with Crippen LogP contribution < -0.4 is 14.4 Å². The number of hydrogen-bond acceptors (Lipinski definition) is 5. The molecule has 1 unspecified atom stereocenters. The number of ether oxygens (including phenoxy) is 3. The molecule has 2 aliphatic rings. The van der Waals surface area contributed by atoms with Gasteiger partial charge in [-0.05, 0) is 61.2 Å². The highest BCUT2D eigenvalue weighted by Gasteiger charge is 2.29. The molecule has 2 fully saturated rings. The third kappa shape index (κ3) is 4.96. The van der Waals surface area contributed by atoms with E-state index in [9.17, 15) is 4.79 Å². The topological polar surface area (TPSA) is 48.0 Å². The van der Waals surface area contributed by atoms with Crippen molar-refractivity contribution >= 4 is 11.5 Å². The van der Waals surface area contributed by atoms with Gasteiger partial charge in [0.25, 0.3) is 0 Å². The molecular formula is C25H31NO4. The molecule has 5 nitrogen and oxygen atoms in total. The number of ketones is 1. The quantitative estimate of drug-likeness (QED) is 0.612. The van der Waals surface area contributed by atoms with E-state index in [2.05, 4.69) is 36.1 Å². The maximum Gasteiger partial charge on any atom is 0.138 e. The minimum absolute atomic E-state index is 0.0898. The van der Waals surface area contributed by atoms with Gasteiger partial charge in [0, 0.05) is 24.6 Å². The lowest BCUT2D eigenvalue weighted by molar-refractivity contribution is -0.123. The van der Waals surface area contributed by atoms with Gasteiger partial charge in [-0.15, -0.1) is 0 Å². The van der Waals surface area contributed by atoms with Crippen LogP contribution in [0, 0.1) is 5.92 Å². The first-order valence-corrected chi connectivity index (χ1v) is 11.0. The predicted molar refractivity (Wildman–Crippen MR) is 118 cm³/mol. The van der Waals surface area contributed by atoms with E-state index in [1.807, 2.05) is 31.2 Å². The fourth-order valence-corrected chi connectivity index (χ4v) is 4.09. The lowest BCUT2D eigenvalue weighted by Crippen LogP contribution is -2.54. The van der Waals surface area contributed by atoms with Crippen LogP contribution in [0.15, 0.2) is 48.5 Å². The van der Waals surface area contributed by atoms with Crippen molar-refractivity contribution in [3.8, 4) is 11.5 Å². The lowest BCUT2D eigenvalue weighted by atomic mass is 9.90. The molecule has 2 saturated heterocycles. The van der Waals surface area contributed by atoms with Gasteiger partial charge in [0.1, 0.15) is 23.4 Å². The van der Waals surface area contributed by atoms with Crippen LogP contribution in [-0.4, -0.2) is 44.8 Å². The molecule has 5 heteroatoms. The lowest BCUT2D eigenvalue weighted by Gasteiger charge is -2.40. The summed E-state index contributed by atoms with van der Waals surface area (Å²) < 4.78 is 16.9. The molecule has 0 saturated carbocycles. The van der Waals surface area contributed by atoms with Crippen LogP contribution in [0.3, 0.4) is 0 Å². The average Bonchev–Trinajstić information content (AvgIpc) is 3.27. The summed E-state index contributed by atoms with van der Waals surface area (Å²) in [5.41, 5.74) is 2.37. The Balaban J connectivity index is 1.23. The second kappa shape index (κ2) is 9.52. The van der Waals surface area contributed by atoms with Crippen molar-refractivity contribution in [2.75, 3.05) is 37.8 Å². The van der Waals surface area contributed by atoms with E-state index in [0.717, 1.165) is 31.0 Å². The normalized spacial score (nSPS) is 19.9. The molecule has 160 valence electrons. The molecule has 30 heavy (non-hydrogen) atoms.